The zero-order chi connectivity index (χ0) is 17.1. The maximum Gasteiger partial charge on any atom is 0.147 e. The predicted octanol–water partition coefficient (Wildman–Crippen LogP) is 3.03. The van der Waals surface area contributed by atoms with Crippen LogP contribution in [0.15, 0.2) is 36.5 Å². The highest BCUT2D eigenvalue weighted by Crippen LogP contribution is 2.25. The lowest BCUT2D eigenvalue weighted by molar-refractivity contribution is 0.775. The van der Waals surface area contributed by atoms with Crippen LogP contribution in [0.1, 0.15) is 28.2 Å². The summed E-state index contributed by atoms with van der Waals surface area (Å²) in [6.07, 6.45) is 2.26. The summed E-state index contributed by atoms with van der Waals surface area (Å²) in [5.41, 5.74) is 3.60. The van der Waals surface area contributed by atoms with Crippen molar-refractivity contribution in [1.29, 1.82) is 5.26 Å². The van der Waals surface area contributed by atoms with Crippen LogP contribution in [0.5, 0.6) is 0 Å². The van der Waals surface area contributed by atoms with Crippen molar-refractivity contribution in [3.05, 3.63) is 64.7 Å². The minimum atomic E-state index is 0.483. The van der Waals surface area contributed by atoms with E-state index in [9.17, 15) is 5.26 Å². The van der Waals surface area contributed by atoms with Crippen LogP contribution in [0.25, 0.3) is 0 Å². The molecule has 0 atom stereocenters. The third kappa shape index (κ3) is 3.10. The molecule has 24 heavy (non-hydrogen) atoms. The second kappa shape index (κ2) is 6.50. The molecular formula is C18H18N6. The van der Waals surface area contributed by atoms with Gasteiger partial charge < -0.3 is 5.32 Å². The Bertz CT molecular complexity index is 905. The largest absolute Gasteiger partial charge is 0.324 e. The van der Waals surface area contributed by atoms with Gasteiger partial charge in [-0.3, -0.25) is 4.68 Å². The zero-order valence-electron chi connectivity index (χ0n) is 13.9. The van der Waals surface area contributed by atoms with Crippen LogP contribution in [0.4, 0.5) is 11.6 Å². The van der Waals surface area contributed by atoms with E-state index in [1.807, 2.05) is 32.0 Å². The maximum atomic E-state index is 9.25. The molecular weight excluding hydrogens is 300 g/mol. The molecule has 6 nitrogen and oxygen atoms in total. The lowest BCUT2D eigenvalue weighted by Gasteiger charge is -2.14. The van der Waals surface area contributed by atoms with E-state index in [1.54, 1.807) is 17.9 Å². The van der Waals surface area contributed by atoms with Crippen molar-refractivity contribution < 1.29 is 0 Å². The summed E-state index contributed by atoms with van der Waals surface area (Å²) in [7, 11) is 1.79. The molecule has 0 aliphatic carbocycles. The van der Waals surface area contributed by atoms with Crippen molar-refractivity contribution >= 4 is 11.6 Å². The summed E-state index contributed by atoms with van der Waals surface area (Å²) < 4.78 is 1.64. The summed E-state index contributed by atoms with van der Waals surface area (Å²) >= 11 is 0. The number of aryl methyl sites for hydroxylation is 3. The topological polar surface area (TPSA) is 79.4 Å². The van der Waals surface area contributed by atoms with Gasteiger partial charge >= 0.3 is 0 Å². The quantitative estimate of drug-likeness (QED) is 0.800. The Hall–Kier alpha value is -3.20. The van der Waals surface area contributed by atoms with Gasteiger partial charge in [-0.25, -0.2) is 9.97 Å². The van der Waals surface area contributed by atoms with Crippen LogP contribution in [0.2, 0.25) is 0 Å². The highest BCUT2D eigenvalue weighted by atomic mass is 15.3. The van der Waals surface area contributed by atoms with Crippen LogP contribution in [0.3, 0.4) is 0 Å². The third-order valence-electron chi connectivity index (χ3n) is 3.85. The van der Waals surface area contributed by atoms with E-state index in [0.717, 1.165) is 17.7 Å². The van der Waals surface area contributed by atoms with Crippen LogP contribution in [-0.4, -0.2) is 19.7 Å². The molecule has 1 aromatic carbocycles. The highest BCUT2D eigenvalue weighted by Gasteiger charge is 2.15. The van der Waals surface area contributed by atoms with Crippen LogP contribution >= 0.6 is 0 Å². The standard InChI is InChI=1S/C18H18N6/c1-12-16(9-14-7-5-4-6-8-14)17(22-13(2)21-12)23-18-15(10-19)11-20-24(18)3/h4-8,11H,9H2,1-3H3,(H,21,22,23). The Labute approximate surface area is 140 Å². The first-order chi connectivity index (χ1) is 11.6. The molecule has 0 amide bonds. The fourth-order valence-electron chi connectivity index (χ4n) is 2.63. The first-order valence-electron chi connectivity index (χ1n) is 7.65. The molecule has 0 saturated carbocycles. The SMILES string of the molecule is Cc1nc(C)c(Cc2ccccc2)c(Nc2c(C#N)cnn2C)n1. The lowest BCUT2D eigenvalue weighted by Crippen LogP contribution is -2.09. The first-order valence-corrected chi connectivity index (χ1v) is 7.65. The van der Waals surface area contributed by atoms with E-state index in [-0.39, 0.29) is 0 Å². The van der Waals surface area contributed by atoms with Gasteiger partial charge in [0.1, 0.15) is 29.1 Å². The number of benzene rings is 1. The zero-order valence-corrected chi connectivity index (χ0v) is 13.9. The van der Waals surface area contributed by atoms with Gasteiger partial charge in [-0.05, 0) is 19.4 Å². The molecule has 0 aliphatic heterocycles. The monoisotopic (exact) mass is 318 g/mol. The van der Waals surface area contributed by atoms with Gasteiger partial charge in [-0.1, -0.05) is 30.3 Å². The summed E-state index contributed by atoms with van der Waals surface area (Å²) in [6.45, 7) is 3.84. The van der Waals surface area contributed by atoms with Crippen LogP contribution < -0.4 is 5.32 Å². The van der Waals surface area contributed by atoms with Crippen molar-refractivity contribution in [2.45, 2.75) is 20.3 Å². The number of nitriles is 1. The molecule has 1 N–H and O–H groups in total. The van der Waals surface area contributed by atoms with Gasteiger partial charge in [-0.15, -0.1) is 0 Å². The fourth-order valence-corrected chi connectivity index (χ4v) is 2.63. The molecule has 0 saturated heterocycles. The van der Waals surface area contributed by atoms with Crippen LogP contribution in [0, 0.1) is 25.2 Å². The maximum absolute atomic E-state index is 9.25. The number of aromatic nitrogens is 4. The molecule has 0 bridgehead atoms. The normalized spacial score (nSPS) is 10.4. The number of rotatable bonds is 4. The molecule has 0 spiro atoms. The predicted molar refractivity (Wildman–Crippen MR) is 92.0 cm³/mol. The molecule has 120 valence electrons. The molecule has 0 unspecified atom stereocenters. The van der Waals surface area contributed by atoms with Crippen molar-refractivity contribution in [3.8, 4) is 6.07 Å². The Kier molecular flexibility index (Phi) is 4.25. The highest BCUT2D eigenvalue weighted by molar-refractivity contribution is 5.63. The number of anilines is 2. The van der Waals surface area contributed by atoms with E-state index in [4.69, 9.17) is 0 Å². The first kappa shape index (κ1) is 15.7. The molecule has 0 aliphatic rings. The van der Waals surface area contributed by atoms with Crippen molar-refractivity contribution in [2.75, 3.05) is 5.32 Å². The summed E-state index contributed by atoms with van der Waals surface area (Å²) in [6, 6.07) is 12.3. The smallest absolute Gasteiger partial charge is 0.147 e. The van der Waals surface area contributed by atoms with E-state index in [1.165, 1.54) is 5.56 Å². The van der Waals surface area contributed by atoms with E-state index in [2.05, 4.69) is 38.6 Å². The van der Waals surface area contributed by atoms with Gasteiger partial charge in [0.15, 0.2) is 0 Å². The van der Waals surface area contributed by atoms with Gasteiger partial charge in [0.2, 0.25) is 0 Å². The van der Waals surface area contributed by atoms with Gasteiger partial charge in [-0.2, -0.15) is 10.4 Å². The summed E-state index contributed by atoms with van der Waals surface area (Å²) in [5.74, 6) is 2.03. The van der Waals surface area contributed by atoms with E-state index in [0.29, 0.717) is 23.0 Å². The summed E-state index contributed by atoms with van der Waals surface area (Å²) in [5, 5.41) is 16.6. The second-order valence-corrected chi connectivity index (χ2v) is 5.61. The summed E-state index contributed by atoms with van der Waals surface area (Å²) in [4.78, 5) is 9.03. The minimum Gasteiger partial charge on any atom is -0.324 e. The third-order valence-corrected chi connectivity index (χ3v) is 3.85. The van der Waals surface area contributed by atoms with Crippen molar-refractivity contribution in [1.82, 2.24) is 19.7 Å². The minimum absolute atomic E-state index is 0.483. The Morgan fingerprint density at radius 2 is 1.92 bits per heavy atom. The number of nitrogens with zero attached hydrogens (tertiary/aromatic N) is 5. The van der Waals surface area contributed by atoms with Crippen LogP contribution in [-0.2, 0) is 13.5 Å². The molecule has 6 heteroatoms. The van der Waals surface area contributed by atoms with Gasteiger partial charge in [0.05, 0.1) is 6.20 Å². The van der Waals surface area contributed by atoms with Crippen molar-refractivity contribution in [2.24, 2.45) is 7.05 Å². The fraction of sp³-hybridized carbons (Fsp3) is 0.222. The molecule has 2 aromatic heterocycles. The lowest BCUT2D eigenvalue weighted by atomic mass is 10.0. The average molecular weight is 318 g/mol. The Balaban J connectivity index is 2.04. The van der Waals surface area contributed by atoms with E-state index < -0.39 is 0 Å². The average Bonchev–Trinajstić information content (AvgIpc) is 2.92. The number of hydrogen-bond donors (Lipinski definition) is 1. The van der Waals surface area contributed by atoms with E-state index >= 15 is 0 Å². The second-order valence-electron chi connectivity index (χ2n) is 5.61. The molecule has 0 fully saturated rings. The molecule has 2 heterocycles. The molecule has 0 radical (unpaired) electrons. The number of hydrogen-bond acceptors (Lipinski definition) is 5. The Morgan fingerprint density at radius 1 is 1.17 bits per heavy atom. The molecule has 3 aromatic rings. The van der Waals surface area contributed by atoms with Gasteiger partial charge in [0, 0.05) is 24.7 Å². The Morgan fingerprint density at radius 3 is 2.62 bits per heavy atom. The van der Waals surface area contributed by atoms with Gasteiger partial charge in [0.25, 0.3) is 0 Å². The van der Waals surface area contributed by atoms with Crippen molar-refractivity contribution in [3.63, 3.8) is 0 Å². The number of nitrogens with one attached hydrogen (secondary N) is 1. The molecule has 3 rings (SSSR count).